The van der Waals surface area contributed by atoms with E-state index in [2.05, 4.69) is 26.1 Å². The van der Waals surface area contributed by atoms with Crippen LogP contribution in [0.2, 0.25) is 0 Å². The van der Waals surface area contributed by atoms with Crippen molar-refractivity contribution in [1.82, 2.24) is 10.2 Å². The number of carboxylic acids is 1. The van der Waals surface area contributed by atoms with Crippen LogP contribution in [0.25, 0.3) is 0 Å². The molecule has 0 atom stereocenters. The summed E-state index contributed by atoms with van der Waals surface area (Å²) < 4.78 is 0. The molecule has 5 heteroatoms. The highest BCUT2D eigenvalue weighted by Crippen LogP contribution is 2.17. The number of nitrogens with zero attached hydrogens (tertiary/aromatic N) is 1. The predicted octanol–water partition coefficient (Wildman–Crippen LogP) is 0.945. The van der Waals surface area contributed by atoms with E-state index in [4.69, 9.17) is 5.11 Å². The number of rotatable bonds is 4. The maximum Gasteiger partial charge on any atom is 0.306 e. The van der Waals surface area contributed by atoms with Crippen LogP contribution in [-0.2, 0) is 9.59 Å². The molecule has 1 saturated heterocycles. The van der Waals surface area contributed by atoms with Gasteiger partial charge in [-0.1, -0.05) is 20.8 Å². The van der Waals surface area contributed by atoms with Crippen molar-refractivity contribution in [2.75, 3.05) is 26.2 Å². The molecule has 0 aromatic heterocycles. The third-order valence-electron chi connectivity index (χ3n) is 3.13. The summed E-state index contributed by atoms with van der Waals surface area (Å²) in [5.74, 6) is -0.951. The van der Waals surface area contributed by atoms with Gasteiger partial charge in [0.05, 0.1) is 12.5 Å². The zero-order chi connectivity index (χ0) is 13.8. The smallest absolute Gasteiger partial charge is 0.306 e. The number of hydrogen-bond donors (Lipinski definition) is 2. The summed E-state index contributed by atoms with van der Waals surface area (Å²) >= 11 is 0. The fourth-order valence-corrected chi connectivity index (χ4v) is 2.03. The zero-order valence-corrected chi connectivity index (χ0v) is 11.5. The van der Waals surface area contributed by atoms with Crippen molar-refractivity contribution in [3.8, 4) is 0 Å². The molecule has 104 valence electrons. The number of carbonyl (C=O) groups is 2. The fourth-order valence-electron chi connectivity index (χ4n) is 2.03. The van der Waals surface area contributed by atoms with Crippen LogP contribution in [0.4, 0.5) is 0 Å². The lowest BCUT2D eigenvalue weighted by atomic mass is 9.96. The third kappa shape index (κ3) is 5.04. The van der Waals surface area contributed by atoms with Crippen LogP contribution in [0.1, 0.15) is 33.6 Å². The summed E-state index contributed by atoms with van der Waals surface area (Å²) in [6.07, 6.45) is 1.14. The van der Waals surface area contributed by atoms with Crippen LogP contribution >= 0.6 is 0 Å². The molecule has 0 aromatic rings. The number of carbonyl (C=O) groups excluding carboxylic acids is 1. The lowest BCUT2D eigenvalue weighted by Crippen LogP contribution is -2.45. The summed E-state index contributed by atoms with van der Waals surface area (Å²) in [6, 6.07) is 0. The molecule has 1 heterocycles. The topological polar surface area (TPSA) is 69.6 Å². The van der Waals surface area contributed by atoms with Gasteiger partial charge in [0.1, 0.15) is 0 Å². The quantitative estimate of drug-likeness (QED) is 0.785. The van der Waals surface area contributed by atoms with Gasteiger partial charge in [-0.05, 0) is 18.3 Å². The minimum atomic E-state index is -0.743. The fraction of sp³-hybridized carbons (Fsp3) is 0.846. The lowest BCUT2D eigenvalue weighted by Gasteiger charge is -2.30. The molecule has 0 radical (unpaired) electrons. The van der Waals surface area contributed by atoms with Crippen molar-refractivity contribution >= 4 is 11.9 Å². The van der Waals surface area contributed by atoms with Gasteiger partial charge in [-0.25, -0.2) is 0 Å². The summed E-state index contributed by atoms with van der Waals surface area (Å²) in [5, 5.41) is 12.0. The van der Waals surface area contributed by atoms with Crippen molar-refractivity contribution in [1.29, 1.82) is 0 Å². The second kappa shape index (κ2) is 6.18. The first-order chi connectivity index (χ1) is 8.29. The van der Waals surface area contributed by atoms with E-state index < -0.39 is 5.97 Å². The Morgan fingerprint density at radius 3 is 2.28 bits per heavy atom. The second-order valence-corrected chi connectivity index (χ2v) is 6.16. The molecule has 0 bridgehead atoms. The Morgan fingerprint density at radius 1 is 1.28 bits per heavy atom. The highest BCUT2D eigenvalue weighted by Gasteiger charge is 2.26. The summed E-state index contributed by atoms with van der Waals surface area (Å²) in [4.78, 5) is 24.4. The van der Waals surface area contributed by atoms with Gasteiger partial charge in [0, 0.05) is 19.6 Å². The number of aliphatic carboxylic acids is 1. The SMILES string of the molecule is CC(C)(C)CNCC(=O)N1CCC(C(=O)O)CC1. The highest BCUT2D eigenvalue weighted by molar-refractivity contribution is 5.78. The minimum Gasteiger partial charge on any atom is -0.481 e. The van der Waals surface area contributed by atoms with Gasteiger partial charge in [-0.3, -0.25) is 9.59 Å². The molecule has 2 N–H and O–H groups in total. The lowest BCUT2D eigenvalue weighted by molar-refractivity contribution is -0.145. The third-order valence-corrected chi connectivity index (χ3v) is 3.13. The Labute approximate surface area is 109 Å². The first kappa shape index (κ1) is 15.0. The van der Waals surface area contributed by atoms with Crippen molar-refractivity contribution in [2.45, 2.75) is 33.6 Å². The summed E-state index contributed by atoms with van der Waals surface area (Å²) in [6.45, 7) is 8.60. The molecule has 0 aromatic carbocycles. The van der Waals surface area contributed by atoms with Gasteiger partial charge in [0.2, 0.25) is 5.91 Å². The first-order valence-electron chi connectivity index (χ1n) is 6.51. The number of piperidine rings is 1. The van der Waals surface area contributed by atoms with E-state index >= 15 is 0 Å². The predicted molar refractivity (Wildman–Crippen MR) is 69.3 cm³/mol. The Balaban J connectivity index is 2.26. The molecule has 1 amide bonds. The Kier molecular flexibility index (Phi) is 5.14. The Morgan fingerprint density at radius 2 is 1.83 bits per heavy atom. The van der Waals surface area contributed by atoms with E-state index in [-0.39, 0.29) is 17.2 Å². The largest absolute Gasteiger partial charge is 0.481 e. The molecule has 1 aliphatic rings. The molecule has 18 heavy (non-hydrogen) atoms. The minimum absolute atomic E-state index is 0.0723. The number of hydrogen-bond acceptors (Lipinski definition) is 3. The molecule has 5 nitrogen and oxygen atoms in total. The maximum absolute atomic E-state index is 11.9. The molecule has 1 aliphatic heterocycles. The van der Waals surface area contributed by atoms with Crippen molar-refractivity contribution < 1.29 is 14.7 Å². The second-order valence-electron chi connectivity index (χ2n) is 6.16. The first-order valence-corrected chi connectivity index (χ1v) is 6.51. The van der Waals surface area contributed by atoms with Crippen LogP contribution in [0.3, 0.4) is 0 Å². The number of amides is 1. The highest BCUT2D eigenvalue weighted by atomic mass is 16.4. The van der Waals surface area contributed by atoms with Crippen molar-refractivity contribution in [2.24, 2.45) is 11.3 Å². The van der Waals surface area contributed by atoms with Crippen LogP contribution in [0, 0.1) is 11.3 Å². The molecule has 0 saturated carbocycles. The zero-order valence-electron chi connectivity index (χ0n) is 11.5. The van der Waals surface area contributed by atoms with Gasteiger partial charge in [0.15, 0.2) is 0 Å². The van der Waals surface area contributed by atoms with Crippen molar-refractivity contribution in [3.63, 3.8) is 0 Å². The molecular weight excluding hydrogens is 232 g/mol. The maximum atomic E-state index is 11.9. The van der Waals surface area contributed by atoms with E-state index in [1.807, 2.05) is 0 Å². The van der Waals surface area contributed by atoms with Crippen LogP contribution < -0.4 is 5.32 Å². The molecule has 0 unspecified atom stereocenters. The molecular formula is C13H24N2O3. The van der Waals surface area contributed by atoms with Crippen molar-refractivity contribution in [3.05, 3.63) is 0 Å². The molecule has 1 fully saturated rings. The number of nitrogens with one attached hydrogen (secondary N) is 1. The Hall–Kier alpha value is -1.10. The number of likely N-dealkylation sites (tertiary alicyclic amines) is 1. The van der Waals surface area contributed by atoms with Gasteiger partial charge in [-0.15, -0.1) is 0 Å². The molecule has 0 spiro atoms. The van der Waals surface area contributed by atoms with E-state index in [1.54, 1.807) is 4.90 Å². The monoisotopic (exact) mass is 256 g/mol. The summed E-state index contributed by atoms with van der Waals surface area (Å²) in [7, 11) is 0. The molecule has 1 rings (SSSR count). The van der Waals surface area contributed by atoms with Gasteiger partial charge >= 0.3 is 5.97 Å². The van der Waals surface area contributed by atoms with Crippen LogP contribution in [0.5, 0.6) is 0 Å². The van der Waals surface area contributed by atoms with Gasteiger partial charge in [-0.2, -0.15) is 0 Å². The number of carboxylic acid groups (broad SMARTS) is 1. The van der Waals surface area contributed by atoms with E-state index in [0.717, 1.165) is 6.54 Å². The van der Waals surface area contributed by atoms with E-state index in [9.17, 15) is 9.59 Å². The van der Waals surface area contributed by atoms with Crippen LogP contribution in [-0.4, -0.2) is 48.1 Å². The molecule has 0 aliphatic carbocycles. The van der Waals surface area contributed by atoms with E-state index in [1.165, 1.54) is 0 Å². The average molecular weight is 256 g/mol. The van der Waals surface area contributed by atoms with E-state index in [0.29, 0.717) is 32.5 Å². The average Bonchev–Trinajstić information content (AvgIpc) is 2.27. The normalized spacial score (nSPS) is 17.8. The van der Waals surface area contributed by atoms with Crippen LogP contribution in [0.15, 0.2) is 0 Å². The summed E-state index contributed by atoms with van der Waals surface area (Å²) in [5.41, 5.74) is 0.163. The van der Waals surface area contributed by atoms with Gasteiger partial charge < -0.3 is 15.3 Å². The standard InChI is InChI=1S/C13H24N2O3/c1-13(2,3)9-14-8-11(16)15-6-4-10(5-7-15)12(17)18/h10,14H,4-9H2,1-3H3,(H,17,18). The van der Waals surface area contributed by atoms with Gasteiger partial charge in [0.25, 0.3) is 0 Å². The Bertz CT molecular complexity index is 302.